The molecule has 2 aromatic carbocycles. The van der Waals surface area contributed by atoms with Crippen molar-refractivity contribution in [3.63, 3.8) is 0 Å². The number of aliphatic imine (C=N–C) groups is 1. The zero-order chi connectivity index (χ0) is 20.2. The van der Waals surface area contributed by atoms with Crippen LogP contribution in [0.25, 0.3) is 0 Å². The SMILES string of the molecule is CCNC(=NCCc1cccc(C(=O)NC)c1)NCCOc1cccc(C)c1.I. The number of nitrogens with one attached hydrogen (secondary N) is 3. The lowest BCUT2D eigenvalue weighted by molar-refractivity contribution is 0.0963. The summed E-state index contributed by atoms with van der Waals surface area (Å²) in [5, 5.41) is 9.16. The fraction of sp³-hybridized carbons (Fsp3) is 0.364. The first-order valence-electron chi connectivity index (χ1n) is 9.65. The molecule has 0 heterocycles. The van der Waals surface area contributed by atoms with E-state index in [0.717, 1.165) is 30.2 Å². The molecular weight excluding hydrogens is 479 g/mol. The lowest BCUT2D eigenvalue weighted by Crippen LogP contribution is -2.39. The van der Waals surface area contributed by atoms with Crippen LogP contribution in [-0.2, 0) is 6.42 Å². The van der Waals surface area contributed by atoms with Crippen molar-refractivity contribution >= 4 is 35.8 Å². The molecule has 0 aliphatic heterocycles. The standard InChI is InChI=1S/C22H30N4O2.HI/c1-4-24-22(26-13-14-28-20-10-5-7-17(2)15-20)25-12-11-18-8-6-9-19(16-18)21(27)23-3;/h5-10,15-16H,4,11-14H2,1-3H3,(H,23,27)(H2,24,25,26);1H. The number of hydrogen-bond donors (Lipinski definition) is 3. The maximum absolute atomic E-state index is 11.7. The molecule has 0 aliphatic rings. The van der Waals surface area contributed by atoms with E-state index in [1.807, 2.05) is 62.4 Å². The number of nitrogens with zero attached hydrogens (tertiary/aromatic N) is 1. The molecule has 0 unspecified atom stereocenters. The molecule has 1 amide bonds. The fourth-order valence-corrected chi connectivity index (χ4v) is 2.69. The number of carbonyl (C=O) groups excluding carboxylic acids is 1. The Balaban J connectivity index is 0.00000420. The third-order valence-corrected chi connectivity index (χ3v) is 4.08. The lowest BCUT2D eigenvalue weighted by Gasteiger charge is -2.12. The maximum Gasteiger partial charge on any atom is 0.251 e. The van der Waals surface area contributed by atoms with Gasteiger partial charge in [-0.25, -0.2) is 0 Å². The van der Waals surface area contributed by atoms with E-state index in [2.05, 4.69) is 20.9 Å². The molecule has 3 N–H and O–H groups in total. The monoisotopic (exact) mass is 510 g/mol. The molecule has 0 saturated heterocycles. The number of guanidine groups is 1. The normalized spacial score (nSPS) is 10.7. The Morgan fingerprint density at radius 3 is 2.62 bits per heavy atom. The summed E-state index contributed by atoms with van der Waals surface area (Å²) in [6, 6.07) is 15.6. The predicted octanol–water partition coefficient (Wildman–Crippen LogP) is 3.15. The van der Waals surface area contributed by atoms with Gasteiger partial charge in [0, 0.05) is 25.7 Å². The molecule has 0 bridgehead atoms. The van der Waals surface area contributed by atoms with Crippen molar-refractivity contribution in [3.8, 4) is 5.75 Å². The van der Waals surface area contributed by atoms with Crippen molar-refractivity contribution in [2.75, 3.05) is 33.3 Å². The zero-order valence-corrected chi connectivity index (χ0v) is 19.7. The lowest BCUT2D eigenvalue weighted by atomic mass is 10.1. The molecule has 0 atom stereocenters. The van der Waals surface area contributed by atoms with Crippen LogP contribution >= 0.6 is 24.0 Å². The fourth-order valence-electron chi connectivity index (χ4n) is 2.69. The molecule has 6 nitrogen and oxygen atoms in total. The van der Waals surface area contributed by atoms with Gasteiger partial charge >= 0.3 is 0 Å². The molecule has 0 saturated carbocycles. The Kier molecular flexibility index (Phi) is 11.8. The van der Waals surface area contributed by atoms with Crippen molar-refractivity contribution in [1.82, 2.24) is 16.0 Å². The molecule has 7 heteroatoms. The van der Waals surface area contributed by atoms with E-state index in [-0.39, 0.29) is 29.9 Å². The topological polar surface area (TPSA) is 74.8 Å². The van der Waals surface area contributed by atoms with Gasteiger partial charge in [0.1, 0.15) is 12.4 Å². The van der Waals surface area contributed by atoms with Crippen LogP contribution in [0.4, 0.5) is 0 Å². The summed E-state index contributed by atoms with van der Waals surface area (Å²) in [5.41, 5.74) is 2.94. The highest BCUT2D eigenvalue weighted by atomic mass is 127. The van der Waals surface area contributed by atoms with E-state index in [0.29, 0.717) is 25.3 Å². The number of halogens is 1. The molecule has 29 heavy (non-hydrogen) atoms. The van der Waals surface area contributed by atoms with Crippen molar-refractivity contribution in [3.05, 3.63) is 65.2 Å². The van der Waals surface area contributed by atoms with E-state index >= 15 is 0 Å². The van der Waals surface area contributed by atoms with Crippen LogP contribution in [0.3, 0.4) is 0 Å². The molecule has 0 aliphatic carbocycles. The van der Waals surface area contributed by atoms with Gasteiger partial charge in [0.05, 0.1) is 6.54 Å². The molecular formula is C22H31IN4O2. The molecule has 2 aromatic rings. The summed E-state index contributed by atoms with van der Waals surface area (Å²) in [4.78, 5) is 16.3. The predicted molar refractivity (Wildman–Crippen MR) is 130 cm³/mol. The first-order chi connectivity index (χ1) is 13.6. The van der Waals surface area contributed by atoms with Gasteiger partial charge < -0.3 is 20.7 Å². The highest BCUT2D eigenvalue weighted by Gasteiger charge is 2.04. The average Bonchev–Trinajstić information content (AvgIpc) is 2.71. The Labute approximate surface area is 190 Å². The van der Waals surface area contributed by atoms with E-state index in [1.54, 1.807) is 7.05 Å². The Morgan fingerprint density at radius 2 is 1.90 bits per heavy atom. The molecule has 0 fully saturated rings. The van der Waals surface area contributed by atoms with Gasteiger partial charge in [-0.05, 0) is 55.7 Å². The second-order valence-corrected chi connectivity index (χ2v) is 6.38. The van der Waals surface area contributed by atoms with Gasteiger partial charge in [-0.2, -0.15) is 0 Å². The van der Waals surface area contributed by atoms with Crippen LogP contribution in [0.15, 0.2) is 53.5 Å². The van der Waals surface area contributed by atoms with E-state index in [4.69, 9.17) is 4.74 Å². The summed E-state index contributed by atoms with van der Waals surface area (Å²) in [5.74, 6) is 1.56. The number of aryl methyl sites for hydroxylation is 1. The van der Waals surface area contributed by atoms with Gasteiger partial charge in [0.2, 0.25) is 0 Å². The summed E-state index contributed by atoms with van der Waals surface area (Å²) in [7, 11) is 1.64. The Bertz CT molecular complexity index is 796. The average molecular weight is 510 g/mol. The van der Waals surface area contributed by atoms with Crippen LogP contribution in [0.5, 0.6) is 5.75 Å². The Hall–Kier alpha value is -2.29. The van der Waals surface area contributed by atoms with Gasteiger partial charge in [-0.3, -0.25) is 9.79 Å². The van der Waals surface area contributed by atoms with E-state index in [9.17, 15) is 4.79 Å². The van der Waals surface area contributed by atoms with Crippen LogP contribution in [0.1, 0.15) is 28.4 Å². The van der Waals surface area contributed by atoms with Gasteiger partial charge in [0.25, 0.3) is 5.91 Å². The van der Waals surface area contributed by atoms with E-state index < -0.39 is 0 Å². The Morgan fingerprint density at radius 1 is 1.10 bits per heavy atom. The van der Waals surface area contributed by atoms with Crippen molar-refractivity contribution in [2.24, 2.45) is 4.99 Å². The second kappa shape index (κ2) is 13.8. The largest absolute Gasteiger partial charge is 0.492 e. The summed E-state index contributed by atoms with van der Waals surface area (Å²) >= 11 is 0. The quantitative estimate of drug-likeness (QED) is 0.210. The highest BCUT2D eigenvalue weighted by molar-refractivity contribution is 14.0. The third-order valence-electron chi connectivity index (χ3n) is 4.08. The minimum absolute atomic E-state index is 0. The van der Waals surface area contributed by atoms with Crippen molar-refractivity contribution in [1.29, 1.82) is 0 Å². The maximum atomic E-state index is 11.7. The number of rotatable bonds is 9. The smallest absolute Gasteiger partial charge is 0.251 e. The van der Waals surface area contributed by atoms with Gasteiger partial charge in [-0.15, -0.1) is 24.0 Å². The van der Waals surface area contributed by atoms with Crippen LogP contribution in [0.2, 0.25) is 0 Å². The number of amides is 1. The molecule has 0 radical (unpaired) electrons. The molecule has 0 aromatic heterocycles. The van der Waals surface area contributed by atoms with Crippen molar-refractivity contribution < 1.29 is 9.53 Å². The van der Waals surface area contributed by atoms with Crippen LogP contribution < -0.4 is 20.7 Å². The third kappa shape index (κ3) is 9.17. The van der Waals surface area contributed by atoms with Crippen LogP contribution in [-0.4, -0.2) is 45.2 Å². The summed E-state index contributed by atoms with van der Waals surface area (Å²) in [6.45, 7) is 6.72. The summed E-state index contributed by atoms with van der Waals surface area (Å²) in [6.07, 6.45) is 0.765. The van der Waals surface area contributed by atoms with Gasteiger partial charge in [-0.1, -0.05) is 24.3 Å². The highest BCUT2D eigenvalue weighted by Crippen LogP contribution is 2.11. The molecule has 2 rings (SSSR count). The minimum atomic E-state index is -0.0750. The molecule has 158 valence electrons. The van der Waals surface area contributed by atoms with Crippen LogP contribution in [0, 0.1) is 6.92 Å². The number of hydrogen-bond acceptors (Lipinski definition) is 3. The zero-order valence-electron chi connectivity index (χ0n) is 17.3. The molecule has 0 spiro atoms. The number of carbonyl (C=O) groups is 1. The van der Waals surface area contributed by atoms with Crippen molar-refractivity contribution in [2.45, 2.75) is 20.3 Å². The van der Waals surface area contributed by atoms with Gasteiger partial charge in [0.15, 0.2) is 5.96 Å². The van der Waals surface area contributed by atoms with E-state index in [1.165, 1.54) is 5.56 Å². The first kappa shape index (κ1) is 24.7. The first-order valence-corrected chi connectivity index (χ1v) is 9.65. The number of benzene rings is 2. The number of ether oxygens (including phenoxy) is 1. The summed E-state index contributed by atoms with van der Waals surface area (Å²) < 4.78 is 5.75. The second-order valence-electron chi connectivity index (χ2n) is 6.38. The minimum Gasteiger partial charge on any atom is -0.492 e.